The van der Waals surface area contributed by atoms with Crippen LogP contribution in [0.15, 0.2) is 47.5 Å². The lowest BCUT2D eigenvalue weighted by molar-refractivity contribution is -0.120. The van der Waals surface area contributed by atoms with Gasteiger partial charge in [-0.15, -0.1) is 0 Å². The van der Waals surface area contributed by atoms with Gasteiger partial charge in [0.25, 0.3) is 5.56 Å². The predicted octanol–water partition coefficient (Wildman–Crippen LogP) is 0.911. The zero-order valence-corrected chi connectivity index (χ0v) is 11.4. The number of hydrogen-bond acceptors (Lipinski definition) is 3. The Morgan fingerprint density at radius 1 is 1.30 bits per heavy atom. The lowest BCUT2D eigenvalue weighted by atomic mass is 10.1. The fourth-order valence-electron chi connectivity index (χ4n) is 1.84. The summed E-state index contributed by atoms with van der Waals surface area (Å²) in [6, 6.07) is 11.0. The molecule has 0 fully saturated rings. The van der Waals surface area contributed by atoms with Crippen molar-refractivity contribution in [1.29, 1.82) is 0 Å². The van der Waals surface area contributed by atoms with E-state index in [1.807, 2.05) is 30.3 Å². The Labute approximate surface area is 117 Å². The topological polar surface area (TPSA) is 64.0 Å². The number of nitrogens with zero attached hydrogens (tertiary/aromatic N) is 2. The largest absolute Gasteiger partial charge is 0.354 e. The number of aryl methyl sites for hydroxylation is 1. The molecule has 104 valence electrons. The highest BCUT2D eigenvalue weighted by atomic mass is 16.1. The number of hydrogen-bond donors (Lipinski definition) is 1. The number of amides is 1. The summed E-state index contributed by atoms with van der Waals surface area (Å²) in [5, 5.41) is 2.80. The summed E-state index contributed by atoms with van der Waals surface area (Å²) < 4.78 is 1.48. The van der Waals surface area contributed by atoms with Gasteiger partial charge in [-0.1, -0.05) is 30.3 Å². The number of nitrogens with one attached hydrogen (secondary N) is 1. The van der Waals surface area contributed by atoms with E-state index >= 15 is 0 Å². The average molecular weight is 271 g/mol. The van der Waals surface area contributed by atoms with Crippen molar-refractivity contribution < 1.29 is 4.79 Å². The number of carbonyl (C=O) groups excluding carboxylic acids is 1. The molecule has 0 atom stereocenters. The Hall–Kier alpha value is -2.43. The quantitative estimate of drug-likeness (QED) is 0.879. The molecule has 1 aromatic carbocycles. The van der Waals surface area contributed by atoms with Crippen LogP contribution in [0.2, 0.25) is 0 Å². The third kappa shape index (κ3) is 4.05. The molecule has 2 rings (SSSR count). The van der Waals surface area contributed by atoms with Gasteiger partial charge in [-0.05, 0) is 12.5 Å². The molecule has 0 aliphatic heterocycles. The van der Waals surface area contributed by atoms with Gasteiger partial charge in [-0.2, -0.15) is 0 Å². The van der Waals surface area contributed by atoms with Gasteiger partial charge in [0.1, 0.15) is 0 Å². The van der Waals surface area contributed by atoms with E-state index in [0.29, 0.717) is 25.2 Å². The van der Waals surface area contributed by atoms with Crippen LogP contribution in [-0.2, 0) is 17.8 Å². The smallest absolute Gasteiger partial charge is 0.253 e. The van der Waals surface area contributed by atoms with Crippen LogP contribution in [0, 0.1) is 6.92 Å². The van der Waals surface area contributed by atoms with Crippen molar-refractivity contribution >= 4 is 5.91 Å². The zero-order chi connectivity index (χ0) is 14.4. The van der Waals surface area contributed by atoms with Gasteiger partial charge in [0.2, 0.25) is 5.91 Å². The van der Waals surface area contributed by atoms with Crippen LogP contribution in [0.1, 0.15) is 11.3 Å². The molecule has 1 N–H and O–H groups in total. The summed E-state index contributed by atoms with van der Waals surface area (Å²) in [5.41, 5.74) is 1.56. The van der Waals surface area contributed by atoms with Crippen LogP contribution in [0.5, 0.6) is 0 Å². The summed E-state index contributed by atoms with van der Waals surface area (Å²) in [6.07, 6.45) is 1.85. The Bertz CT molecular complexity index is 635. The van der Waals surface area contributed by atoms with E-state index in [1.54, 1.807) is 6.92 Å². The first kappa shape index (κ1) is 14.0. The molecule has 0 aliphatic rings. The number of benzene rings is 1. The van der Waals surface area contributed by atoms with E-state index in [-0.39, 0.29) is 11.5 Å². The van der Waals surface area contributed by atoms with E-state index in [9.17, 15) is 9.59 Å². The molecule has 0 unspecified atom stereocenters. The first-order valence-corrected chi connectivity index (χ1v) is 6.49. The van der Waals surface area contributed by atoms with Gasteiger partial charge in [-0.3, -0.25) is 14.2 Å². The van der Waals surface area contributed by atoms with Gasteiger partial charge in [0.05, 0.1) is 12.7 Å². The molecule has 0 aliphatic carbocycles. The van der Waals surface area contributed by atoms with Crippen molar-refractivity contribution in [2.75, 3.05) is 6.54 Å². The second kappa shape index (κ2) is 6.65. The van der Waals surface area contributed by atoms with Crippen LogP contribution < -0.4 is 10.9 Å². The normalized spacial score (nSPS) is 10.2. The molecule has 1 aromatic heterocycles. The summed E-state index contributed by atoms with van der Waals surface area (Å²) >= 11 is 0. The second-order valence-electron chi connectivity index (χ2n) is 4.57. The number of aromatic nitrogens is 2. The standard InChI is InChI=1S/C15H17N3O2/c1-12-9-15(20)18(11-17-12)8-7-16-14(19)10-13-5-3-2-4-6-13/h2-6,9,11H,7-8,10H2,1H3,(H,16,19). The van der Waals surface area contributed by atoms with Crippen molar-refractivity contribution in [2.24, 2.45) is 0 Å². The Morgan fingerprint density at radius 3 is 2.75 bits per heavy atom. The number of carbonyl (C=O) groups is 1. The molecular formula is C15H17N3O2. The molecule has 5 nitrogen and oxygen atoms in total. The highest BCUT2D eigenvalue weighted by molar-refractivity contribution is 5.78. The van der Waals surface area contributed by atoms with E-state index in [2.05, 4.69) is 10.3 Å². The highest BCUT2D eigenvalue weighted by Gasteiger charge is 2.03. The second-order valence-corrected chi connectivity index (χ2v) is 4.57. The van der Waals surface area contributed by atoms with Gasteiger partial charge in [0.15, 0.2) is 0 Å². The van der Waals surface area contributed by atoms with Gasteiger partial charge in [0, 0.05) is 24.8 Å². The molecule has 5 heteroatoms. The van der Waals surface area contributed by atoms with Crippen molar-refractivity contribution in [2.45, 2.75) is 19.9 Å². The summed E-state index contributed by atoms with van der Waals surface area (Å²) in [5.74, 6) is -0.0516. The molecule has 0 spiro atoms. The first-order chi connectivity index (χ1) is 9.65. The van der Waals surface area contributed by atoms with Crippen LogP contribution in [0.4, 0.5) is 0 Å². The van der Waals surface area contributed by atoms with Crippen LogP contribution in [0.25, 0.3) is 0 Å². The lowest BCUT2D eigenvalue weighted by Crippen LogP contribution is -2.31. The molecular weight excluding hydrogens is 254 g/mol. The maximum Gasteiger partial charge on any atom is 0.253 e. The average Bonchev–Trinajstić information content (AvgIpc) is 2.42. The maximum absolute atomic E-state index is 11.7. The molecule has 1 amide bonds. The monoisotopic (exact) mass is 271 g/mol. The Morgan fingerprint density at radius 2 is 2.05 bits per heavy atom. The fraction of sp³-hybridized carbons (Fsp3) is 0.267. The third-order valence-corrected chi connectivity index (χ3v) is 2.90. The van der Waals surface area contributed by atoms with Crippen LogP contribution in [0.3, 0.4) is 0 Å². The molecule has 2 aromatic rings. The molecule has 20 heavy (non-hydrogen) atoms. The van der Waals surface area contributed by atoms with Gasteiger partial charge in [-0.25, -0.2) is 4.98 Å². The van der Waals surface area contributed by atoms with Crippen molar-refractivity contribution in [1.82, 2.24) is 14.9 Å². The van der Waals surface area contributed by atoms with Crippen LogP contribution in [-0.4, -0.2) is 22.0 Å². The fourth-order valence-corrected chi connectivity index (χ4v) is 1.84. The Balaban J connectivity index is 1.81. The third-order valence-electron chi connectivity index (χ3n) is 2.90. The Kier molecular flexibility index (Phi) is 4.65. The van der Waals surface area contributed by atoms with Crippen molar-refractivity contribution in [3.63, 3.8) is 0 Å². The van der Waals surface area contributed by atoms with E-state index in [4.69, 9.17) is 0 Å². The van der Waals surface area contributed by atoms with E-state index in [1.165, 1.54) is 17.0 Å². The minimum atomic E-state index is -0.102. The van der Waals surface area contributed by atoms with Crippen molar-refractivity contribution in [3.8, 4) is 0 Å². The molecule has 0 bridgehead atoms. The molecule has 1 heterocycles. The van der Waals surface area contributed by atoms with E-state index < -0.39 is 0 Å². The maximum atomic E-state index is 11.7. The minimum absolute atomic E-state index is 0.0516. The predicted molar refractivity (Wildman–Crippen MR) is 76.4 cm³/mol. The molecule has 0 saturated carbocycles. The molecule has 0 saturated heterocycles. The summed E-state index contributed by atoms with van der Waals surface area (Å²) in [6.45, 7) is 2.61. The number of rotatable bonds is 5. The lowest BCUT2D eigenvalue weighted by Gasteiger charge is -2.07. The SMILES string of the molecule is Cc1cc(=O)n(CCNC(=O)Cc2ccccc2)cn1. The first-order valence-electron chi connectivity index (χ1n) is 6.49. The van der Waals surface area contributed by atoms with Crippen LogP contribution >= 0.6 is 0 Å². The van der Waals surface area contributed by atoms with E-state index in [0.717, 1.165) is 5.56 Å². The summed E-state index contributed by atoms with van der Waals surface area (Å²) in [4.78, 5) is 27.4. The van der Waals surface area contributed by atoms with Crippen molar-refractivity contribution in [3.05, 3.63) is 64.3 Å². The minimum Gasteiger partial charge on any atom is -0.354 e. The van der Waals surface area contributed by atoms with Gasteiger partial charge >= 0.3 is 0 Å². The summed E-state index contributed by atoms with van der Waals surface area (Å²) in [7, 11) is 0. The highest BCUT2D eigenvalue weighted by Crippen LogP contribution is 1.98. The zero-order valence-electron chi connectivity index (χ0n) is 11.4. The molecule has 0 radical (unpaired) electrons. The van der Waals surface area contributed by atoms with Gasteiger partial charge < -0.3 is 5.32 Å².